The maximum absolute atomic E-state index is 13.0. The van der Waals surface area contributed by atoms with Crippen molar-refractivity contribution < 1.29 is 8.78 Å². The summed E-state index contributed by atoms with van der Waals surface area (Å²) in [6.45, 7) is 10.6. The summed E-state index contributed by atoms with van der Waals surface area (Å²) in [5.41, 5.74) is 6.27. The number of aryl methyl sites for hydroxylation is 1. The maximum Gasteiger partial charge on any atom is 0.280 e. The van der Waals surface area contributed by atoms with Gasteiger partial charge in [0.05, 0.1) is 0 Å². The number of halogens is 2. The lowest BCUT2D eigenvalue weighted by Gasteiger charge is -2.17. The molecule has 0 saturated heterocycles. The highest BCUT2D eigenvalue weighted by Gasteiger charge is 2.16. The van der Waals surface area contributed by atoms with Crippen molar-refractivity contribution in [3.8, 4) is 0 Å². The Bertz CT molecular complexity index is 1020. The highest BCUT2D eigenvalue weighted by Crippen LogP contribution is 2.27. The largest absolute Gasteiger partial charge is 0.280 e. The van der Waals surface area contributed by atoms with Crippen molar-refractivity contribution in [2.45, 2.75) is 71.6 Å². The van der Waals surface area contributed by atoms with E-state index in [-0.39, 0.29) is 11.6 Å². The summed E-state index contributed by atoms with van der Waals surface area (Å²) in [4.78, 5) is 13.0. The summed E-state index contributed by atoms with van der Waals surface area (Å²) in [6.07, 6.45) is 2.35. The Morgan fingerprint density at radius 3 is 2.06 bits per heavy atom. The number of hydrogen-bond donors (Lipinski definition) is 0. The van der Waals surface area contributed by atoms with Gasteiger partial charge in [0.25, 0.3) is 6.43 Å². The van der Waals surface area contributed by atoms with Crippen LogP contribution < -0.4 is 0 Å². The van der Waals surface area contributed by atoms with E-state index in [9.17, 15) is 8.78 Å². The average molecular weight is 424 g/mol. The van der Waals surface area contributed by atoms with Gasteiger partial charge in [0, 0.05) is 29.5 Å². The molecule has 164 valence electrons. The van der Waals surface area contributed by atoms with Crippen LogP contribution in [0.5, 0.6) is 0 Å². The number of alkyl halides is 2. The molecule has 2 unspecified atom stereocenters. The van der Waals surface area contributed by atoms with Crippen LogP contribution in [-0.2, 0) is 12.8 Å². The molecule has 3 nitrogen and oxygen atoms in total. The van der Waals surface area contributed by atoms with Crippen LogP contribution in [0.4, 0.5) is 8.78 Å². The average Bonchev–Trinajstić information content (AvgIpc) is 2.73. The van der Waals surface area contributed by atoms with Crippen molar-refractivity contribution in [3.63, 3.8) is 0 Å². The first-order valence-corrected chi connectivity index (χ1v) is 10.9. The van der Waals surface area contributed by atoms with Gasteiger partial charge in [0.1, 0.15) is 5.69 Å². The van der Waals surface area contributed by atoms with Gasteiger partial charge in [0.15, 0.2) is 0 Å². The summed E-state index contributed by atoms with van der Waals surface area (Å²) in [7, 11) is 0. The zero-order chi connectivity index (χ0) is 22.5. The molecule has 0 aliphatic heterocycles. The van der Waals surface area contributed by atoms with Crippen LogP contribution in [0.2, 0.25) is 0 Å². The number of aromatic nitrogens is 3. The molecule has 3 aromatic rings. The fourth-order valence-electron chi connectivity index (χ4n) is 3.88. The molecule has 3 aromatic heterocycles. The van der Waals surface area contributed by atoms with Crippen LogP contribution >= 0.6 is 0 Å². The van der Waals surface area contributed by atoms with E-state index in [1.807, 2.05) is 26.1 Å². The Morgan fingerprint density at radius 2 is 1.35 bits per heavy atom. The number of pyridine rings is 3. The van der Waals surface area contributed by atoms with Crippen LogP contribution in [0, 0.1) is 6.92 Å². The monoisotopic (exact) mass is 423 g/mol. The van der Waals surface area contributed by atoms with Gasteiger partial charge in [-0.2, -0.15) is 0 Å². The lowest BCUT2D eigenvalue weighted by atomic mass is 9.91. The summed E-state index contributed by atoms with van der Waals surface area (Å²) >= 11 is 0. The molecule has 0 N–H and O–H groups in total. The van der Waals surface area contributed by atoms with E-state index >= 15 is 0 Å². The van der Waals surface area contributed by atoms with Crippen molar-refractivity contribution >= 4 is 0 Å². The number of nitrogens with zero attached hydrogens (tertiary/aromatic N) is 3. The molecule has 3 rings (SSSR count). The fourth-order valence-corrected chi connectivity index (χ4v) is 3.88. The molecule has 31 heavy (non-hydrogen) atoms. The fraction of sp³-hybridized carbons (Fsp3) is 0.423. The standard InChI is InChI=1S/C26H31F2N3/c1-16(2)20-6-8-29-23(13-20)10-18(4)22-12-19(5)31-24(14-22)11-17(3)21-7-9-30-25(15-21)26(27)28/h6-9,12-18,26H,10-11H2,1-5H3. The van der Waals surface area contributed by atoms with Crippen LogP contribution in [0.3, 0.4) is 0 Å². The van der Waals surface area contributed by atoms with Crippen molar-refractivity contribution in [3.05, 3.63) is 88.3 Å². The molecule has 0 radical (unpaired) electrons. The normalized spacial score (nSPS) is 13.6. The van der Waals surface area contributed by atoms with Crippen molar-refractivity contribution in [1.29, 1.82) is 0 Å². The van der Waals surface area contributed by atoms with Gasteiger partial charge in [-0.15, -0.1) is 0 Å². The first-order valence-electron chi connectivity index (χ1n) is 10.9. The molecule has 0 saturated carbocycles. The van der Waals surface area contributed by atoms with Crippen LogP contribution in [0.25, 0.3) is 0 Å². The summed E-state index contributed by atoms with van der Waals surface area (Å²) in [5, 5.41) is 0. The zero-order valence-electron chi connectivity index (χ0n) is 18.9. The minimum atomic E-state index is -2.56. The predicted octanol–water partition coefficient (Wildman–Crippen LogP) is 6.93. The Kier molecular flexibility index (Phi) is 7.47. The van der Waals surface area contributed by atoms with Gasteiger partial charge in [-0.25, -0.2) is 8.78 Å². The topological polar surface area (TPSA) is 38.7 Å². The first kappa shape index (κ1) is 23.0. The molecule has 0 aromatic carbocycles. The molecule has 0 fully saturated rings. The van der Waals surface area contributed by atoms with E-state index < -0.39 is 6.43 Å². The second-order valence-electron chi connectivity index (χ2n) is 8.79. The van der Waals surface area contributed by atoms with E-state index in [4.69, 9.17) is 4.98 Å². The van der Waals surface area contributed by atoms with E-state index in [1.54, 1.807) is 0 Å². The smallest absolute Gasteiger partial charge is 0.261 e. The molecular formula is C26H31F2N3. The predicted molar refractivity (Wildman–Crippen MR) is 121 cm³/mol. The molecular weight excluding hydrogens is 392 g/mol. The molecule has 0 amide bonds. The lowest BCUT2D eigenvalue weighted by molar-refractivity contribution is 0.146. The third-order valence-electron chi connectivity index (χ3n) is 5.73. The third-order valence-corrected chi connectivity index (χ3v) is 5.73. The van der Waals surface area contributed by atoms with Gasteiger partial charge in [-0.1, -0.05) is 27.7 Å². The first-order chi connectivity index (χ1) is 14.7. The second kappa shape index (κ2) is 10.1. The maximum atomic E-state index is 13.0. The molecule has 0 aliphatic rings. The molecule has 0 bridgehead atoms. The summed E-state index contributed by atoms with van der Waals surface area (Å²) in [6, 6.07) is 11.9. The molecule has 2 atom stereocenters. The van der Waals surface area contributed by atoms with Gasteiger partial charge in [0.2, 0.25) is 0 Å². The van der Waals surface area contributed by atoms with Crippen LogP contribution in [0.1, 0.15) is 91.3 Å². The zero-order valence-corrected chi connectivity index (χ0v) is 18.9. The van der Waals surface area contributed by atoms with Crippen LogP contribution in [-0.4, -0.2) is 15.0 Å². The van der Waals surface area contributed by atoms with Gasteiger partial charge >= 0.3 is 0 Å². The molecule has 5 heteroatoms. The molecule has 0 spiro atoms. The Hall–Kier alpha value is -2.69. The Labute approximate surface area is 184 Å². The van der Waals surface area contributed by atoms with E-state index in [0.717, 1.165) is 29.1 Å². The summed E-state index contributed by atoms with van der Waals surface area (Å²) in [5.74, 6) is 0.853. The van der Waals surface area contributed by atoms with Crippen molar-refractivity contribution in [1.82, 2.24) is 15.0 Å². The van der Waals surface area contributed by atoms with Crippen LogP contribution in [0.15, 0.2) is 48.8 Å². The van der Waals surface area contributed by atoms with Crippen molar-refractivity contribution in [2.75, 3.05) is 0 Å². The van der Waals surface area contributed by atoms with E-state index in [1.165, 1.54) is 23.4 Å². The highest BCUT2D eigenvalue weighted by atomic mass is 19.3. The lowest BCUT2D eigenvalue weighted by Crippen LogP contribution is -2.07. The van der Waals surface area contributed by atoms with Gasteiger partial charge in [-0.3, -0.25) is 15.0 Å². The SMILES string of the molecule is Cc1cc(C(C)Cc2cc(C(C)C)ccn2)cc(CC(C)c2ccnc(C(F)F)c2)n1. The van der Waals surface area contributed by atoms with E-state index in [2.05, 4.69) is 55.0 Å². The Balaban J connectivity index is 1.76. The third kappa shape index (κ3) is 6.16. The minimum absolute atomic E-state index is 0.0716. The van der Waals surface area contributed by atoms with Gasteiger partial charge < -0.3 is 0 Å². The second-order valence-corrected chi connectivity index (χ2v) is 8.79. The molecule has 0 aliphatic carbocycles. The number of rotatable bonds is 8. The number of hydrogen-bond acceptors (Lipinski definition) is 3. The Morgan fingerprint density at radius 1 is 0.742 bits per heavy atom. The summed E-state index contributed by atoms with van der Waals surface area (Å²) < 4.78 is 26.0. The highest BCUT2D eigenvalue weighted by molar-refractivity contribution is 5.29. The molecule has 3 heterocycles. The van der Waals surface area contributed by atoms with Crippen molar-refractivity contribution in [2.24, 2.45) is 0 Å². The van der Waals surface area contributed by atoms with Gasteiger partial charge in [-0.05, 0) is 90.6 Å². The van der Waals surface area contributed by atoms with E-state index in [0.29, 0.717) is 18.3 Å². The quantitative estimate of drug-likeness (QED) is 0.394. The minimum Gasteiger partial charge on any atom is -0.261 e.